The van der Waals surface area contributed by atoms with Gasteiger partial charge in [-0.15, -0.1) is 13.2 Å². The predicted octanol–water partition coefficient (Wildman–Crippen LogP) is 1.89. The van der Waals surface area contributed by atoms with Gasteiger partial charge in [0.25, 0.3) is 5.95 Å². The number of halogens is 3. The van der Waals surface area contributed by atoms with Crippen LogP contribution in [-0.2, 0) is 4.84 Å². The fraction of sp³-hybridized carbons (Fsp3) is 0.357. The van der Waals surface area contributed by atoms with Crippen LogP contribution in [0.15, 0.2) is 30.3 Å². The second-order valence-corrected chi connectivity index (χ2v) is 5.16. The van der Waals surface area contributed by atoms with Crippen molar-refractivity contribution in [3.8, 4) is 0 Å². The molecule has 0 amide bonds. The number of piperazine rings is 1. The van der Waals surface area contributed by atoms with Crippen LogP contribution in [0.25, 0.3) is 0 Å². The van der Waals surface area contributed by atoms with E-state index in [0.29, 0.717) is 18.8 Å². The van der Waals surface area contributed by atoms with Crippen LogP contribution in [-0.4, -0.2) is 47.5 Å². The summed E-state index contributed by atoms with van der Waals surface area (Å²) in [6.45, 7) is 2.73. The van der Waals surface area contributed by atoms with Crippen LogP contribution in [0.2, 0.25) is 0 Å². The maximum absolute atomic E-state index is 12.3. The molecule has 0 atom stereocenters. The number of para-hydroxylation sites is 1. The standard InChI is InChI=1S/C14H16F3N7O/c15-14(16,17)25-23-12-20-11(19-10-4-2-1-3-5-10)21-13(22-12)24-8-6-18-7-9-24/h1-5,18H,6-9H2,(H2,19,20,21,22,23). The summed E-state index contributed by atoms with van der Waals surface area (Å²) in [6, 6.07) is 9.04. The first kappa shape index (κ1) is 17.2. The molecule has 1 saturated heterocycles. The van der Waals surface area contributed by atoms with E-state index < -0.39 is 6.36 Å². The highest BCUT2D eigenvalue weighted by Gasteiger charge is 2.31. The third-order valence-electron chi connectivity index (χ3n) is 3.31. The Morgan fingerprint density at radius 2 is 1.68 bits per heavy atom. The number of nitrogens with zero attached hydrogens (tertiary/aromatic N) is 4. The molecule has 11 heteroatoms. The van der Waals surface area contributed by atoms with Gasteiger partial charge < -0.3 is 15.5 Å². The number of rotatable bonds is 5. The zero-order chi connectivity index (χ0) is 17.7. The molecule has 1 aromatic heterocycles. The van der Waals surface area contributed by atoms with E-state index in [4.69, 9.17) is 0 Å². The van der Waals surface area contributed by atoms with Crippen molar-refractivity contribution in [2.45, 2.75) is 6.36 Å². The summed E-state index contributed by atoms with van der Waals surface area (Å²) in [5.74, 6) is 0.0468. The van der Waals surface area contributed by atoms with Gasteiger partial charge in [-0.3, -0.25) is 0 Å². The van der Waals surface area contributed by atoms with Crippen molar-refractivity contribution in [1.29, 1.82) is 0 Å². The van der Waals surface area contributed by atoms with Crippen LogP contribution in [0, 0.1) is 0 Å². The lowest BCUT2D eigenvalue weighted by atomic mass is 10.3. The molecule has 2 heterocycles. The smallest absolute Gasteiger partial charge is 0.338 e. The highest BCUT2D eigenvalue weighted by atomic mass is 19.4. The first-order valence-electron chi connectivity index (χ1n) is 7.54. The van der Waals surface area contributed by atoms with Crippen molar-refractivity contribution in [1.82, 2.24) is 20.3 Å². The van der Waals surface area contributed by atoms with E-state index >= 15 is 0 Å². The molecule has 0 unspecified atom stereocenters. The fourth-order valence-corrected chi connectivity index (χ4v) is 2.23. The Balaban J connectivity index is 1.84. The molecule has 2 aromatic rings. The normalized spacial score (nSPS) is 15.1. The number of anilines is 4. The van der Waals surface area contributed by atoms with Gasteiger partial charge in [0, 0.05) is 31.9 Å². The topological polar surface area (TPSA) is 87.2 Å². The lowest BCUT2D eigenvalue weighted by Crippen LogP contribution is -2.44. The summed E-state index contributed by atoms with van der Waals surface area (Å²) in [6.07, 6.45) is -4.85. The Morgan fingerprint density at radius 3 is 2.36 bits per heavy atom. The molecule has 0 radical (unpaired) electrons. The first-order valence-corrected chi connectivity index (χ1v) is 7.54. The van der Waals surface area contributed by atoms with Crippen LogP contribution in [0.5, 0.6) is 0 Å². The molecular formula is C14H16F3N7O. The van der Waals surface area contributed by atoms with E-state index in [9.17, 15) is 13.2 Å². The van der Waals surface area contributed by atoms with Crippen molar-refractivity contribution < 1.29 is 18.0 Å². The highest BCUT2D eigenvalue weighted by Crippen LogP contribution is 2.20. The summed E-state index contributed by atoms with van der Waals surface area (Å²) >= 11 is 0. The number of aromatic nitrogens is 3. The van der Waals surface area contributed by atoms with Crippen molar-refractivity contribution in [2.75, 3.05) is 41.9 Å². The zero-order valence-electron chi connectivity index (χ0n) is 13.0. The van der Waals surface area contributed by atoms with Gasteiger partial charge in [-0.05, 0) is 12.1 Å². The molecule has 1 aromatic carbocycles. The van der Waals surface area contributed by atoms with Gasteiger partial charge in [0.15, 0.2) is 0 Å². The second kappa shape index (κ2) is 7.49. The van der Waals surface area contributed by atoms with Crippen molar-refractivity contribution >= 4 is 23.5 Å². The van der Waals surface area contributed by atoms with Gasteiger partial charge in [-0.25, -0.2) is 5.48 Å². The van der Waals surface area contributed by atoms with Gasteiger partial charge >= 0.3 is 6.36 Å². The summed E-state index contributed by atoms with van der Waals surface area (Å²) in [5.41, 5.74) is 2.42. The minimum atomic E-state index is -4.85. The minimum absolute atomic E-state index is 0.114. The maximum Gasteiger partial charge on any atom is 0.543 e. The van der Waals surface area contributed by atoms with E-state index in [0.717, 1.165) is 13.1 Å². The summed E-state index contributed by atoms with van der Waals surface area (Å²) in [7, 11) is 0. The second-order valence-electron chi connectivity index (χ2n) is 5.16. The van der Waals surface area contributed by atoms with Gasteiger partial charge in [0.2, 0.25) is 11.9 Å². The molecule has 0 aliphatic carbocycles. The molecule has 134 valence electrons. The molecule has 0 bridgehead atoms. The fourth-order valence-electron chi connectivity index (χ4n) is 2.23. The van der Waals surface area contributed by atoms with Crippen LogP contribution in [0.1, 0.15) is 0 Å². The minimum Gasteiger partial charge on any atom is -0.338 e. The summed E-state index contributed by atoms with van der Waals surface area (Å²) in [5, 5.41) is 6.12. The van der Waals surface area contributed by atoms with Crippen LogP contribution < -0.4 is 21.0 Å². The molecule has 0 spiro atoms. The molecular weight excluding hydrogens is 339 g/mol. The first-order chi connectivity index (χ1) is 12.0. The SMILES string of the molecule is FC(F)(F)ONc1nc(Nc2ccccc2)nc(N2CCNCC2)n1. The maximum atomic E-state index is 12.3. The van der Waals surface area contributed by atoms with E-state index in [1.165, 1.54) is 0 Å². The third-order valence-corrected chi connectivity index (χ3v) is 3.31. The van der Waals surface area contributed by atoms with Crippen molar-refractivity contribution in [3.05, 3.63) is 30.3 Å². The number of hydrogen-bond acceptors (Lipinski definition) is 8. The van der Waals surface area contributed by atoms with Gasteiger partial charge in [0.05, 0.1) is 0 Å². The Labute approximate surface area is 141 Å². The van der Waals surface area contributed by atoms with E-state index in [1.807, 2.05) is 23.1 Å². The van der Waals surface area contributed by atoms with Gasteiger partial charge in [0.1, 0.15) is 0 Å². The Morgan fingerprint density at radius 1 is 1.00 bits per heavy atom. The molecule has 3 N–H and O–H groups in total. The Bertz CT molecular complexity index is 693. The zero-order valence-corrected chi connectivity index (χ0v) is 13.0. The molecule has 25 heavy (non-hydrogen) atoms. The average Bonchev–Trinajstić information content (AvgIpc) is 2.61. The number of nitrogens with one attached hydrogen (secondary N) is 3. The Kier molecular flexibility index (Phi) is 5.14. The van der Waals surface area contributed by atoms with Crippen molar-refractivity contribution in [3.63, 3.8) is 0 Å². The van der Waals surface area contributed by atoms with Crippen LogP contribution in [0.4, 0.5) is 36.7 Å². The number of hydrogen-bond donors (Lipinski definition) is 3. The molecule has 3 rings (SSSR count). The van der Waals surface area contributed by atoms with E-state index in [2.05, 4.69) is 30.4 Å². The third kappa shape index (κ3) is 5.16. The molecule has 8 nitrogen and oxygen atoms in total. The quantitative estimate of drug-likeness (QED) is 0.701. The van der Waals surface area contributed by atoms with Gasteiger partial charge in [-0.1, -0.05) is 18.2 Å². The lowest BCUT2D eigenvalue weighted by Gasteiger charge is -2.27. The highest BCUT2D eigenvalue weighted by molar-refractivity contribution is 5.55. The summed E-state index contributed by atoms with van der Waals surface area (Å²) in [4.78, 5) is 17.7. The monoisotopic (exact) mass is 355 g/mol. The number of alkyl halides is 3. The molecule has 0 saturated carbocycles. The number of benzene rings is 1. The van der Waals surface area contributed by atoms with Crippen molar-refractivity contribution in [2.24, 2.45) is 0 Å². The average molecular weight is 355 g/mol. The van der Waals surface area contributed by atoms with E-state index in [-0.39, 0.29) is 17.8 Å². The lowest BCUT2D eigenvalue weighted by molar-refractivity contribution is -0.312. The largest absolute Gasteiger partial charge is 0.543 e. The molecule has 1 aliphatic rings. The molecule has 1 fully saturated rings. The van der Waals surface area contributed by atoms with Crippen LogP contribution in [0.3, 0.4) is 0 Å². The predicted molar refractivity (Wildman–Crippen MR) is 85.4 cm³/mol. The summed E-state index contributed by atoms with van der Waals surface area (Å²) < 4.78 is 36.8. The van der Waals surface area contributed by atoms with Gasteiger partial charge in [-0.2, -0.15) is 19.8 Å². The molecule has 1 aliphatic heterocycles. The van der Waals surface area contributed by atoms with Crippen LogP contribution >= 0.6 is 0 Å². The van der Waals surface area contributed by atoms with E-state index in [1.54, 1.807) is 17.6 Å². The Hall–Kier alpha value is -2.66.